The smallest absolute Gasteiger partial charge is 0.220 e. The molecule has 3 aromatic rings. The number of primary amides is 1. The number of amides is 1. The Bertz CT molecular complexity index is 979. The molecule has 0 aliphatic heterocycles. The SMILES string of the molecule is NC(=O)CC(OCc1ccccc1)C(OCc1ccccc1)C(=O)COCc1ccccc1. The summed E-state index contributed by atoms with van der Waals surface area (Å²) < 4.78 is 17.6. The Morgan fingerprint density at radius 2 is 1.12 bits per heavy atom. The van der Waals surface area contributed by atoms with Gasteiger partial charge in [0.1, 0.15) is 18.8 Å². The fourth-order valence-corrected chi connectivity index (χ4v) is 3.32. The van der Waals surface area contributed by atoms with Crippen LogP contribution in [0.3, 0.4) is 0 Å². The second-order valence-electron chi connectivity index (χ2n) is 7.67. The van der Waals surface area contributed by atoms with Crippen molar-refractivity contribution in [2.75, 3.05) is 6.61 Å². The minimum Gasteiger partial charge on any atom is -0.370 e. The van der Waals surface area contributed by atoms with Gasteiger partial charge in [0.15, 0.2) is 5.78 Å². The monoisotopic (exact) mass is 447 g/mol. The number of hydrogen-bond donors (Lipinski definition) is 1. The lowest BCUT2D eigenvalue weighted by Gasteiger charge is -2.26. The van der Waals surface area contributed by atoms with Crippen LogP contribution in [0.1, 0.15) is 23.1 Å². The third-order valence-corrected chi connectivity index (χ3v) is 4.99. The second-order valence-corrected chi connectivity index (χ2v) is 7.67. The van der Waals surface area contributed by atoms with Gasteiger partial charge >= 0.3 is 0 Å². The van der Waals surface area contributed by atoms with E-state index in [0.717, 1.165) is 16.7 Å². The molecule has 3 aromatic carbocycles. The molecule has 0 aromatic heterocycles. The third kappa shape index (κ3) is 8.61. The van der Waals surface area contributed by atoms with Crippen molar-refractivity contribution in [2.45, 2.75) is 38.4 Å². The fourth-order valence-electron chi connectivity index (χ4n) is 3.32. The lowest BCUT2D eigenvalue weighted by atomic mass is 10.1. The van der Waals surface area contributed by atoms with Crippen LogP contribution in [0.15, 0.2) is 91.0 Å². The van der Waals surface area contributed by atoms with Crippen LogP contribution in [-0.2, 0) is 43.6 Å². The van der Waals surface area contributed by atoms with Gasteiger partial charge in [-0.25, -0.2) is 0 Å². The number of rotatable bonds is 14. The van der Waals surface area contributed by atoms with Crippen molar-refractivity contribution >= 4 is 11.7 Å². The van der Waals surface area contributed by atoms with E-state index in [-0.39, 0.29) is 32.0 Å². The van der Waals surface area contributed by atoms with Crippen LogP contribution in [-0.4, -0.2) is 30.5 Å². The van der Waals surface area contributed by atoms with Gasteiger partial charge in [-0.3, -0.25) is 9.59 Å². The zero-order chi connectivity index (χ0) is 23.3. The quantitative estimate of drug-likeness (QED) is 0.406. The summed E-state index contributed by atoms with van der Waals surface area (Å²) in [5.41, 5.74) is 8.25. The molecule has 0 aliphatic carbocycles. The van der Waals surface area contributed by atoms with Crippen molar-refractivity contribution < 1.29 is 23.8 Å². The molecule has 0 radical (unpaired) electrons. The zero-order valence-electron chi connectivity index (χ0n) is 18.5. The highest BCUT2D eigenvalue weighted by molar-refractivity contribution is 5.86. The lowest BCUT2D eigenvalue weighted by molar-refractivity contribution is -0.152. The van der Waals surface area contributed by atoms with E-state index >= 15 is 0 Å². The molecule has 3 rings (SSSR count). The molecule has 0 saturated heterocycles. The maximum atomic E-state index is 13.1. The number of carbonyl (C=O) groups excluding carboxylic acids is 2. The molecule has 172 valence electrons. The first kappa shape index (κ1) is 24.3. The summed E-state index contributed by atoms with van der Waals surface area (Å²) in [7, 11) is 0. The molecule has 0 heterocycles. The molecular weight excluding hydrogens is 418 g/mol. The van der Waals surface area contributed by atoms with Crippen molar-refractivity contribution in [2.24, 2.45) is 5.73 Å². The third-order valence-electron chi connectivity index (χ3n) is 4.99. The average Bonchev–Trinajstić information content (AvgIpc) is 2.84. The van der Waals surface area contributed by atoms with Crippen LogP contribution in [0.25, 0.3) is 0 Å². The van der Waals surface area contributed by atoms with Crippen LogP contribution in [0, 0.1) is 0 Å². The largest absolute Gasteiger partial charge is 0.370 e. The first-order chi connectivity index (χ1) is 16.1. The highest BCUT2D eigenvalue weighted by Gasteiger charge is 2.31. The summed E-state index contributed by atoms with van der Waals surface area (Å²) in [6.07, 6.45) is -1.98. The van der Waals surface area contributed by atoms with Crippen LogP contribution in [0.2, 0.25) is 0 Å². The number of carbonyl (C=O) groups is 2. The van der Waals surface area contributed by atoms with E-state index in [1.807, 2.05) is 91.0 Å². The lowest BCUT2D eigenvalue weighted by Crippen LogP contribution is -2.42. The van der Waals surface area contributed by atoms with Gasteiger partial charge in [-0.2, -0.15) is 0 Å². The summed E-state index contributed by atoms with van der Waals surface area (Å²) >= 11 is 0. The van der Waals surface area contributed by atoms with Gasteiger partial charge in [0, 0.05) is 0 Å². The van der Waals surface area contributed by atoms with Crippen molar-refractivity contribution in [1.29, 1.82) is 0 Å². The van der Waals surface area contributed by atoms with Crippen molar-refractivity contribution in [1.82, 2.24) is 0 Å². The predicted octanol–water partition coefficient (Wildman–Crippen LogP) is 3.82. The molecule has 2 unspecified atom stereocenters. The van der Waals surface area contributed by atoms with Crippen molar-refractivity contribution in [3.63, 3.8) is 0 Å². The summed E-state index contributed by atoms with van der Waals surface area (Å²) in [5, 5.41) is 0. The van der Waals surface area contributed by atoms with E-state index in [1.165, 1.54) is 0 Å². The number of nitrogens with two attached hydrogens (primary N) is 1. The Labute approximate surface area is 194 Å². The highest BCUT2D eigenvalue weighted by atomic mass is 16.5. The summed E-state index contributed by atoms with van der Waals surface area (Å²) in [5.74, 6) is -0.874. The van der Waals surface area contributed by atoms with Crippen molar-refractivity contribution in [3.05, 3.63) is 108 Å². The molecule has 0 spiro atoms. The second kappa shape index (κ2) is 13.3. The number of benzene rings is 3. The molecule has 2 N–H and O–H groups in total. The van der Waals surface area contributed by atoms with Crippen molar-refractivity contribution in [3.8, 4) is 0 Å². The minimum atomic E-state index is -1.00. The maximum Gasteiger partial charge on any atom is 0.220 e. The van der Waals surface area contributed by atoms with Gasteiger partial charge in [-0.15, -0.1) is 0 Å². The van der Waals surface area contributed by atoms with Gasteiger partial charge in [0.2, 0.25) is 5.91 Å². The van der Waals surface area contributed by atoms with Gasteiger partial charge in [0.25, 0.3) is 0 Å². The highest BCUT2D eigenvalue weighted by Crippen LogP contribution is 2.16. The minimum absolute atomic E-state index is 0.142. The van der Waals surface area contributed by atoms with E-state index < -0.39 is 18.1 Å². The van der Waals surface area contributed by atoms with E-state index in [0.29, 0.717) is 6.61 Å². The molecule has 0 fully saturated rings. The number of hydrogen-bond acceptors (Lipinski definition) is 5. The average molecular weight is 448 g/mol. The molecule has 6 heteroatoms. The van der Waals surface area contributed by atoms with E-state index in [9.17, 15) is 9.59 Å². The van der Waals surface area contributed by atoms with E-state index in [1.54, 1.807) is 0 Å². The molecule has 0 aliphatic rings. The predicted molar refractivity (Wildman–Crippen MR) is 125 cm³/mol. The standard InChI is InChI=1S/C27H29NO5/c28-26(30)16-25(32-18-22-12-6-2-7-13-22)27(33-19-23-14-8-3-9-15-23)24(29)20-31-17-21-10-4-1-5-11-21/h1-15,25,27H,16-20H2,(H2,28,30). The van der Waals surface area contributed by atoms with Gasteiger partial charge in [-0.05, 0) is 16.7 Å². The summed E-state index contributed by atoms with van der Waals surface area (Å²) in [4.78, 5) is 24.9. The number of ketones is 1. The molecule has 2 atom stereocenters. The Hall–Kier alpha value is -3.32. The molecule has 6 nitrogen and oxygen atoms in total. The van der Waals surface area contributed by atoms with Crippen LogP contribution < -0.4 is 5.73 Å². The Kier molecular flexibility index (Phi) is 9.79. The number of Topliss-reactive ketones (excluding diaryl/α,β-unsaturated/α-hetero) is 1. The Morgan fingerprint density at radius 1 is 0.667 bits per heavy atom. The van der Waals surface area contributed by atoms with Gasteiger partial charge < -0.3 is 19.9 Å². The summed E-state index contributed by atoms with van der Waals surface area (Å²) in [6, 6.07) is 28.6. The molecule has 0 saturated carbocycles. The zero-order valence-corrected chi connectivity index (χ0v) is 18.5. The van der Waals surface area contributed by atoms with Crippen LogP contribution >= 0.6 is 0 Å². The van der Waals surface area contributed by atoms with Crippen LogP contribution in [0.4, 0.5) is 0 Å². The topological polar surface area (TPSA) is 87.9 Å². The van der Waals surface area contributed by atoms with E-state index in [4.69, 9.17) is 19.9 Å². The first-order valence-corrected chi connectivity index (χ1v) is 10.9. The fraction of sp³-hybridized carbons (Fsp3) is 0.259. The van der Waals surface area contributed by atoms with Crippen LogP contribution in [0.5, 0.6) is 0 Å². The normalized spacial score (nSPS) is 12.7. The number of ether oxygens (including phenoxy) is 3. The Morgan fingerprint density at radius 3 is 1.61 bits per heavy atom. The van der Waals surface area contributed by atoms with E-state index in [2.05, 4.69) is 0 Å². The molecule has 0 bridgehead atoms. The maximum absolute atomic E-state index is 13.1. The Balaban J connectivity index is 1.69. The van der Waals surface area contributed by atoms with Gasteiger partial charge in [-0.1, -0.05) is 91.0 Å². The molecule has 33 heavy (non-hydrogen) atoms. The molecular formula is C27H29NO5. The molecule has 1 amide bonds. The summed E-state index contributed by atoms with van der Waals surface area (Å²) in [6.45, 7) is 0.545. The van der Waals surface area contributed by atoms with Gasteiger partial charge in [0.05, 0.1) is 26.2 Å². The first-order valence-electron chi connectivity index (χ1n) is 10.9.